The van der Waals surface area contributed by atoms with Crippen LogP contribution in [0.3, 0.4) is 0 Å². The largest absolute Gasteiger partial charge is 0.454 e. The zero-order valence-corrected chi connectivity index (χ0v) is 36.3. The van der Waals surface area contributed by atoms with Crippen molar-refractivity contribution in [1.82, 2.24) is 15.1 Å². The molecule has 3 aliphatic heterocycles. The Morgan fingerprint density at radius 1 is 0.966 bits per heavy atom. The average molecular weight is 836 g/mol. The first-order valence-corrected chi connectivity index (χ1v) is 22.4. The molecular weight excluding hydrogens is 779 g/mol. The molecule has 5 atom stereocenters. The average Bonchev–Trinajstić information content (AvgIpc) is 3.83. The molecule has 8 nitrogen and oxygen atoms in total. The van der Waals surface area contributed by atoms with E-state index in [0.717, 1.165) is 15.9 Å². The Morgan fingerprint density at radius 2 is 1.58 bits per heavy atom. The SMILES string of the molecule is C[C@@H]1Cc2cc3c(cc2[C@@H](C2(C)C(F)=CC(N[C@H]4CCN(C(=O)OC(C)(C)C)C4)=CC2F)N1CC(F)(F)CO[Si](c1ccccc1)(c1ccccc1)C(C)(C)C)OCO3. The highest BCUT2D eigenvalue weighted by Gasteiger charge is 2.56. The maximum atomic E-state index is 17.1. The number of carbonyl (C=O) groups excluding carboxylic acids is 1. The van der Waals surface area contributed by atoms with Crippen LogP contribution >= 0.6 is 0 Å². The third kappa shape index (κ3) is 8.39. The Kier molecular flexibility index (Phi) is 11.6. The van der Waals surface area contributed by atoms with Gasteiger partial charge >= 0.3 is 6.09 Å². The number of hydrogen-bond donors (Lipinski definition) is 1. The molecule has 0 aromatic heterocycles. The minimum atomic E-state index is -3.44. The van der Waals surface area contributed by atoms with Gasteiger partial charge in [-0.2, -0.15) is 0 Å². The van der Waals surface area contributed by atoms with Gasteiger partial charge < -0.3 is 28.9 Å². The van der Waals surface area contributed by atoms with Gasteiger partial charge in [-0.1, -0.05) is 81.4 Å². The zero-order chi connectivity index (χ0) is 42.5. The number of halogens is 4. The van der Waals surface area contributed by atoms with Crippen LogP contribution in [-0.2, 0) is 15.6 Å². The molecule has 3 heterocycles. The summed E-state index contributed by atoms with van der Waals surface area (Å²) in [6.07, 6.45) is 1.13. The molecular formula is C46H57F4N3O5Si. The fourth-order valence-electron chi connectivity index (χ4n) is 9.28. The highest BCUT2D eigenvalue weighted by molar-refractivity contribution is 6.99. The van der Waals surface area contributed by atoms with Gasteiger partial charge in [0.1, 0.15) is 17.6 Å². The third-order valence-electron chi connectivity index (χ3n) is 12.1. The number of allylic oxidation sites excluding steroid dienone is 2. The van der Waals surface area contributed by atoms with E-state index in [9.17, 15) is 4.79 Å². The summed E-state index contributed by atoms with van der Waals surface area (Å²) in [6, 6.07) is 20.7. The Morgan fingerprint density at radius 3 is 2.15 bits per heavy atom. The highest BCUT2D eigenvalue weighted by Crippen LogP contribution is 2.56. The number of nitrogens with zero attached hydrogens (tertiary/aromatic N) is 2. The number of alkyl halides is 3. The molecule has 1 amide bonds. The number of amides is 1. The van der Waals surface area contributed by atoms with E-state index < -0.39 is 73.6 Å². The van der Waals surface area contributed by atoms with E-state index in [-0.39, 0.29) is 18.5 Å². The van der Waals surface area contributed by atoms with Crippen LogP contribution < -0.4 is 25.2 Å². The fraction of sp³-hybridized carbons (Fsp3) is 0.500. The quantitative estimate of drug-likeness (QED) is 0.162. The van der Waals surface area contributed by atoms with Crippen LogP contribution in [0.2, 0.25) is 5.04 Å². The van der Waals surface area contributed by atoms with E-state index in [4.69, 9.17) is 18.6 Å². The van der Waals surface area contributed by atoms with E-state index in [1.54, 1.807) is 36.6 Å². The van der Waals surface area contributed by atoms with Crippen LogP contribution in [0, 0.1) is 5.41 Å². The molecule has 13 heteroatoms. The third-order valence-corrected chi connectivity index (χ3v) is 17.1. The molecule has 1 aliphatic carbocycles. The van der Waals surface area contributed by atoms with E-state index in [0.29, 0.717) is 43.0 Å². The summed E-state index contributed by atoms with van der Waals surface area (Å²) in [5, 5.41) is 4.43. The number of ether oxygens (including phenoxy) is 3. The topological polar surface area (TPSA) is 72.5 Å². The molecule has 2 unspecified atom stereocenters. The van der Waals surface area contributed by atoms with Crippen molar-refractivity contribution in [3.8, 4) is 11.5 Å². The predicted octanol–water partition coefficient (Wildman–Crippen LogP) is 8.61. The summed E-state index contributed by atoms with van der Waals surface area (Å²) in [5.74, 6) is -3.30. The van der Waals surface area contributed by atoms with Crippen LogP contribution in [0.25, 0.3) is 0 Å². The summed E-state index contributed by atoms with van der Waals surface area (Å²) >= 11 is 0. The van der Waals surface area contributed by atoms with Crippen molar-refractivity contribution in [1.29, 1.82) is 0 Å². The number of fused-ring (bicyclic) bond motifs is 2. The lowest BCUT2D eigenvalue weighted by Gasteiger charge is -2.52. The van der Waals surface area contributed by atoms with Crippen molar-refractivity contribution in [2.45, 2.75) is 109 Å². The van der Waals surface area contributed by atoms with Gasteiger partial charge in [-0.05, 0) is 98.3 Å². The molecule has 59 heavy (non-hydrogen) atoms. The van der Waals surface area contributed by atoms with E-state index in [2.05, 4.69) is 5.32 Å². The lowest BCUT2D eigenvalue weighted by molar-refractivity contribution is -0.103. The predicted molar refractivity (Wildman–Crippen MR) is 223 cm³/mol. The Labute approximate surface area is 346 Å². The summed E-state index contributed by atoms with van der Waals surface area (Å²) in [5.41, 5.74) is -1.06. The smallest absolute Gasteiger partial charge is 0.410 e. The van der Waals surface area contributed by atoms with Crippen LogP contribution in [0.5, 0.6) is 11.5 Å². The van der Waals surface area contributed by atoms with Crippen molar-refractivity contribution in [2.75, 3.05) is 33.0 Å². The molecule has 3 aromatic rings. The maximum absolute atomic E-state index is 17.1. The Hall–Kier alpha value is -4.33. The van der Waals surface area contributed by atoms with Gasteiger partial charge in [0.15, 0.2) is 11.5 Å². The molecule has 0 radical (unpaired) electrons. The first-order valence-electron chi connectivity index (χ1n) is 20.5. The Balaban J connectivity index is 1.20. The molecule has 0 bridgehead atoms. The number of rotatable bonds is 10. The zero-order valence-electron chi connectivity index (χ0n) is 35.3. The first-order chi connectivity index (χ1) is 27.7. The maximum Gasteiger partial charge on any atom is 0.410 e. The van der Waals surface area contributed by atoms with Crippen molar-refractivity contribution < 1.29 is 41.0 Å². The standard InChI is InChI=1S/C46H57F4N3O5Si/c1-30-21-31-22-37-38(56-29-55-37)25-36(31)41(45(8)39(47)23-33(24-40(45)48)51-32-19-20-52(26-32)42(54)58-43(2,3)4)53(30)27-46(49,50)28-57-59(44(5,6)7,34-15-11-9-12-16-34)35-17-13-10-14-18-35/h9-18,22-25,30,32,39,41,51H,19-21,26-29H2,1-8H3/t30-,32+,39?,41+,45?/m1/s1. The van der Waals surface area contributed by atoms with E-state index in [1.807, 2.05) is 94.4 Å². The van der Waals surface area contributed by atoms with Crippen molar-refractivity contribution in [3.63, 3.8) is 0 Å². The summed E-state index contributed by atoms with van der Waals surface area (Å²) in [6.45, 7) is 13.8. The molecule has 7 rings (SSSR count). The van der Waals surface area contributed by atoms with Gasteiger partial charge in [0, 0.05) is 30.9 Å². The van der Waals surface area contributed by atoms with Crippen molar-refractivity contribution in [2.24, 2.45) is 5.41 Å². The monoisotopic (exact) mass is 835 g/mol. The second-order valence-corrected chi connectivity index (χ2v) is 23.0. The number of benzene rings is 3. The Bertz CT molecular complexity index is 2030. The van der Waals surface area contributed by atoms with Gasteiger partial charge in [-0.25, -0.2) is 22.4 Å². The molecule has 4 aliphatic rings. The fourth-order valence-corrected chi connectivity index (χ4v) is 13.9. The number of hydrogen-bond acceptors (Lipinski definition) is 7. The minimum Gasteiger partial charge on any atom is -0.454 e. The highest BCUT2D eigenvalue weighted by atomic mass is 28.4. The molecule has 0 spiro atoms. The molecule has 0 saturated carbocycles. The number of likely N-dealkylation sites (tertiary alicyclic amines) is 1. The van der Waals surface area contributed by atoms with E-state index in [1.165, 1.54) is 19.1 Å². The van der Waals surface area contributed by atoms with Gasteiger partial charge in [0.2, 0.25) is 6.79 Å². The molecule has 1 fully saturated rings. The lowest BCUT2D eigenvalue weighted by Crippen LogP contribution is -2.67. The second-order valence-electron chi connectivity index (χ2n) is 18.7. The van der Waals surface area contributed by atoms with Crippen molar-refractivity contribution in [3.05, 3.63) is 108 Å². The summed E-state index contributed by atoms with van der Waals surface area (Å²) in [4.78, 5) is 15.8. The minimum absolute atomic E-state index is 0.0125. The van der Waals surface area contributed by atoms with Gasteiger partial charge in [0.25, 0.3) is 14.2 Å². The van der Waals surface area contributed by atoms with Gasteiger partial charge in [-0.15, -0.1) is 0 Å². The summed E-state index contributed by atoms with van der Waals surface area (Å²) in [7, 11) is -3.34. The number of nitrogens with one attached hydrogen (secondary N) is 1. The molecule has 3 aromatic carbocycles. The van der Waals surface area contributed by atoms with Crippen LogP contribution in [0.4, 0.5) is 22.4 Å². The van der Waals surface area contributed by atoms with Crippen LogP contribution in [0.1, 0.15) is 79.0 Å². The lowest BCUT2D eigenvalue weighted by atomic mass is 9.67. The van der Waals surface area contributed by atoms with Gasteiger partial charge in [0.05, 0.1) is 24.6 Å². The van der Waals surface area contributed by atoms with Crippen LogP contribution in [0.15, 0.2) is 96.5 Å². The van der Waals surface area contributed by atoms with Gasteiger partial charge in [-0.3, -0.25) is 4.90 Å². The van der Waals surface area contributed by atoms with Crippen molar-refractivity contribution >= 4 is 24.8 Å². The number of carbonyl (C=O) groups is 1. The van der Waals surface area contributed by atoms with Crippen LogP contribution in [-0.4, -0.2) is 87.0 Å². The molecule has 1 saturated heterocycles. The second kappa shape index (κ2) is 15.9. The molecule has 1 N–H and O–H groups in total. The normalized spacial score (nSPS) is 25.0. The first kappa shape index (κ1) is 42.8. The molecule has 318 valence electrons. The van der Waals surface area contributed by atoms with E-state index >= 15 is 17.6 Å². The summed E-state index contributed by atoms with van der Waals surface area (Å²) < 4.78 is 91.8.